The summed E-state index contributed by atoms with van der Waals surface area (Å²) >= 11 is 0. The lowest BCUT2D eigenvalue weighted by molar-refractivity contribution is -0.895. The summed E-state index contributed by atoms with van der Waals surface area (Å²) in [5.74, 6) is -0.427. The second-order valence-corrected chi connectivity index (χ2v) is 4.66. The van der Waals surface area contributed by atoms with Gasteiger partial charge in [0.15, 0.2) is 0 Å². The van der Waals surface area contributed by atoms with Crippen molar-refractivity contribution in [1.82, 2.24) is 5.32 Å². The summed E-state index contributed by atoms with van der Waals surface area (Å²) in [4.78, 5) is 24.6. The van der Waals surface area contributed by atoms with E-state index < -0.39 is 5.97 Å². The van der Waals surface area contributed by atoms with Gasteiger partial charge >= 0.3 is 12.0 Å². The molecular formula is C15H24N3O3+. The molecule has 6 nitrogen and oxygen atoms in total. The van der Waals surface area contributed by atoms with Gasteiger partial charge in [0.2, 0.25) is 0 Å². The minimum absolute atomic E-state index is 0.274. The Bertz CT molecular complexity index is 473. The molecule has 0 spiro atoms. The highest BCUT2D eigenvalue weighted by molar-refractivity contribution is 5.93. The SMILES string of the molecule is CC[NH+](CC)CCNC(=O)Nc1cccc(C(=O)OC)c1. The number of ether oxygens (including phenoxy) is 1. The second-order valence-electron chi connectivity index (χ2n) is 4.66. The predicted molar refractivity (Wildman–Crippen MR) is 81.7 cm³/mol. The van der Waals surface area contributed by atoms with Crippen molar-refractivity contribution in [3.8, 4) is 0 Å². The average Bonchev–Trinajstić information content (AvgIpc) is 2.51. The van der Waals surface area contributed by atoms with Crippen LogP contribution in [0.15, 0.2) is 24.3 Å². The van der Waals surface area contributed by atoms with E-state index in [0.717, 1.165) is 19.6 Å². The zero-order valence-electron chi connectivity index (χ0n) is 12.9. The van der Waals surface area contributed by atoms with Gasteiger partial charge in [-0.15, -0.1) is 0 Å². The monoisotopic (exact) mass is 294 g/mol. The molecule has 0 saturated carbocycles. The number of rotatable bonds is 7. The standard InChI is InChI=1S/C15H23N3O3/c1-4-18(5-2)10-9-16-15(20)17-13-8-6-7-12(11-13)14(19)21-3/h6-8,11H,4-5,9-10H2,1-3H3,(H2,16,17,20)/p+1. The molecule has 0 saturated heterocycles. The number of urea groups is 1. The topological polar surface area (TPSA) is 71.9 Å². The Hall–Kier alpha value is -2.08. The molecule has 0 radical (unpaired) electrons. The highest BCUT2D eigenvalue weighted by Crippen LogP contribution is 2.11. The Morgan fingerprint density at radius 1 is 1.24 bits per heavy atom. The average molecular weight is 294 g/mol. The number of quaternary nitrogens is 1. The summed E-state index contributed by atoms with van der Waals surface area (Å²) in [6.45, 7) is 7.83. The van der Waals surface area contributed by atoms with Gasteiger partial charge in [0.25, 0.3) is 0 Å². The van der Waals surface area contributed by atoms with Crippen LogP contribution in [-0.2, 0) is 4.74 Å². The number of nitrogens with one attached hydrogen (secondary N) is 3. The predicted octanol–water partition coefficient (Wildman–Crippen LogP) is 0.519. The number of anilines is 1. The molecule has 0 unspecified atom stereocenters. The van der Waals surface area contributed by atoms with Crippen LogP contribution >= 0.6 is 0 Å². The van der Waals surface area contributed by atoms with Crippen LogP contribution in [0.4, 0.5) is 10.5 Å². The van der Waals surface area contributed by atoms with Gasteiger partial charge in [-0.3, -0.25) is 0 Å². The van der Waals surface area contributed by atoms with E-state index in [1.807, 2.05) is 0 Å². The van der Waals surface area contributed by atoms with Crippen molar-refractivity contribution in [2.24, 2.45) is 0 Å². The molecule has 0 atom stereocenters. The summed E-state index contributed by atoms with van der Waals surface area (Å²) in [7, 11) is 1.32. The summed E-state index contributed by atoms with van der Waals surface area (Å²) in [6.07, 6.45) is 0. The molecule has 1 aromatic carbocycles. The molecule has 0 aromatic heterocycles. The Morgan fingerprint density at radius 2 is 1.95 bits per heavy atom. The highest BCUT2D eigenvalue weighted by Gasteiger charge is 2.08. The number of esters is 1. The Balaban J connectivity index is 2.46. The van der Waals surface area contributed by atoms with Crippen molar-refractivity contribution in [3.05, 3.63) is 29.8 Å². The van der Waals surface area contributed by atoms with E-state index >= 15 is 0 Å². The lowest BCUT2D eigenvalue weighted by Crippen LogP contribution is -3.12. The first-order valence-electron chi connectivity index (χ1n) is 7.17. The van der Waals surface area contributed by atoms with Crippen molar-refractivity contribution in [2.75, 3.05) is 38.6 Å². The van der Waals surface area contributed by atoms with Crippen LogP contribution in [0.2, 0.25) is 0 Å². The lowest BCUT2D eigenvalue weighted by atomic mass is 10.2. The van der Waals surface area contributed by atoms with Crippen molar-refractivity contribution in [2.45, 2.75) is 13.8 Å². The Morgan fingerprint density at radius 3 is 2.57 bits per heavy atom. The molecule has 0 heterocycles. The van der Waals surface area contributed by atoms with Gasteiger partial charge in [-0.05, 0) is 32.0 Å². The van der Waals surface area contributed by atoms with Crippen molar-refractivity contribution in [1.29, 1.82) is 0 Å². The first kappa shape index (κ1) is 17.0. The number of benzene rings is 1. The van der Waals surface area contributed by atoms with Crippen LogP contribution in [-0.4, -0.2) is 45.3 Å². The van der Waals surface area contributed by atoms with E-state index in [4.69, 9.17) is 0 Å². The van der Waals surface area contributed by atoms with Crippen LogP contribution in [0.5, 0.6) is 0 Å². The number of carbonyl (C=O) groups excluding carboxylic acids is 2. The summed E-state index contributed by atoms with van der Waals surface area (Å²) in [5, 5.41) is 5.51. The third kappa shape index (κ3) is 5.83. The fraction of sp³-hybridized carbons (Fsp3) is 0.467. The van der Waals surface area contributed by atoms with E-state index in [1.165, 1.54) is 12.0 Å². The van der Waals surface area contributed by atoms with Crippen LogP contribution in [0, 0.1) is 0 Å². The fourth-order valence-corrected chi connectivity index (χ4v) is 1.97. The summed E-state index contributed by atoms with van der Waals surface area (Å²) in [6, 6.07) is 6.37. The van der Waals surface area contributed by atoms with E-state index in [9.17, 15) is 9.59 Å². The quantitative estimate of drug-likeness (QED) is 0.642. The van der Waals surface area contributed by atoms with Gasteiger partial charge in [0.05, 0.1) is 38.9 Å². The van der Waals surface area contributed by atoms with Crippen LogP contribution < -0.4 is 15.5 Å². The first-order valence-corrected chi connectivity index (χ1v) is 7.17. The molecular weight excluding hydrogens is 270 g/mol. The van der Waals surface area contributed by atoms with E-state index in [2.05, 4.69) is 29.2 Å². The normalized spacial score (nSPS) is 10.3. The largest absolute Gasteiger partial charge is 0.465 e. The van der Waals surface area contributed by atoms with E-state index in [1.54, 1.807) is 24.3 Å². The minimum atomic E-state index is -0.427. The van der Waals surface area contributed by atoms with Crippen molar-refractivity contribution >= 4 is 17.7 Å². The minimum Gasteiger partial charge on any atom is -0.465 e. The van der Waals surface area contributed by atoms with Crippen molar-refractivity contribution < 1.29 is 19.2 Å². The smallest absolute Gasteiger partial charge is 0.337 e. The summed E-state index contributed by atoms with van der Waals surface area (Å²) in [5.41, 5.74) is 0.966. The van der Waals surface area contributed by atoms with Gasteiger partial charge < -0.3 is 20.3 Å². The van der Waals surface area contributed by atoms with Crippen LogP contribution in [0.3, 0.4) is 0 Å². The summed E-state index contributed by atoms with van der Waals surface area (Å²) < 4.78 is 4.64. The van der Waals surface area contributed by atoms with Gasteiger partial charge in [0, 0.05) is 5.69 Å². The number of methoxy groups -OCH3 is 1. The van der Waals surface area contributed by atoms with E-state index in [-0.39, 0.29) is 6.03 Å². The third-order valence-corrected chi connectivity index (χ3v) is 3.31. The zero-order chi connectivity index (χ0) is 15.7. The van der Waals surface area contributed by atoms with Crippen molar-refractivity contribution in [3.63, 3.8) is 0 Å². The zero-order valence-corrected chi connectivity index (χ0v) is 12.9. The van der Waals surface area contributed by atoms with Gasteiger partial charge in [-0.1, -0.05) is 6.07 Å². The van der Waals surface area contributed by atoms with E-state index in [0.29, 0.717) is 17.8 Å². The maximum Gasteiger partial charge on any atom is 0.337 e. The van der Waals surface area contributed by atoms with Crippen LogP contribution in [0.25, 0.3) is 0 Å². The number of amides is 2. The molecule has 21 heavy (non-hydrogen) atoms. The second kappa shape index (κ2) is 8.97. The maximum absolute atomic E-state index is 11.8. The van der Waals surface area contributed by atoms with Gasteiger partial charge in [-0.2, -0.15) is 0 Å². The maximum atomic E-state index is 11.8. The number of likely N-dealkylation sites (N-methyl/N-ethyl adjacent to an activating group) is 1. The van der Waals surface area contributed by atoms with Crippen LogP contribution in [0.1, 0.15) is 24.2 Å². The molecule has 2 amide bonds. The number of hydrogen-bond donors (Lipinski definition) is 3. The molecule has 6 heteroatoms. The highest BCUT2D eigenvalue weighted by atomic mass is 16.5. The number of hydrogen-bond acceptors (Lipinski definition) is 3. The first-order chi connectivity index (χ1) is 10.1. The fourth-order valence-electron chi connectivity index (χ4n) is 1.97. The molecule has 0 aliphatic rings. The Labute approximate surface area is 125 Å². The van der Waals surface area contributed by atoms with Gasteiger partial charge in [-0.25, -0.2) is 9.59 Å². The molecule has 116 valence electrons. The third-order valence-electron chi connectivity index (χ3n) is 3.31. The molecule has 0 fully saturated rings. The molecule has 0 aliphatic heterocycles. The molecule has 1 rings (SSSR count). The molecule has 1 aromatic rings. The molecule has 0 aliphatic carbocycles. The molecule has 0 bridgehead atoms. The molecule has 3 N–H and O–H groups in total. The Kier molecular flexibility index (Phi) is 7.25. The lowest BCUT2D eigenvalue weighted by Gasteiger charge is -2.15. The van der Waals surface area contributed by atoms with Gasteiger partial charge in [0.1, 0.15) is 0 Å². The number of carbonyl (C=O) groups is 2.